The molecule has 0 atom stereocenters. The second-order valence-corrected chi connectivity index (χ2v) is 4.79. The number of rotatable bonds is 3. The van der Waals surface area contributed by atoms with Gasteiger partial charge in [-0.25, -0.2) is 0 Å². The number of alkyl halides is 1. The van der Waals surface area contributed by atoms with E-state index in [-0.39, 0.29) is 5.91 Å². The van der Waals surface area contributed by atoms with Crippen LogP contribution in [-0.2, 0) is 5.88 Å². The summed E-state index contributed by atoms with van der Waals surface area (Å²) in [7, 11) is 0. The predicted molar refractivity (Wildman–Crippen MR) is 80.1 cm³/mol. The minimum Gasteiger partial charge on any atom is -0.321 e. The lowest BCUT2D eigenvalue weighted by atomic mass is 10.1. The zero-order valence-electron chi connectivity index (χ0n) is 10.4. The maximum atomic E-state index is 12.2. The topological polar surface area (TPSA) is 52.9 Å². The predicted octanol–water partition coefficient (Wildman–Crippen LogP) is 4.20. The fourth-order valence-corrected chi connectivity index (χ4v) is 2.05. The van der Waals surface area contributed by atoms with E-state index < -0.39 is 0 Å². The number of anilines is 1. The van der Waals surface area contributed by atoms with Crippen LogP contribution < -0.4 is 5.32 Å². The normalized spacial score (nSPS) is 9.85. The number of nitrogens with zero attached hydrogens (tertiary/aromatic N) is 1. The molecule has 0 saturated carbocycles. The van der Waals surface area contributed by atoms with Gasteiger partial charge in [0.05, 0.1) is 11.3 Å². The summed E-state index contributed by atoms with van der Waals surface area (Å²) < 4.78 is 0. The van der Waals surface area contributed by atoms with Crippen molar-refractivity contribution >= 4 is 34.8 Å². The van der Waals surface area contributed by atoms with Crippen LogP contribution in [-0.4, -0.2) is 5.91 Å². The van der Waals surface area contributed by atoms with Crippen LogP contribution in [0.4, 0.5) is 5.69 Å². The van der Waals surface area contributed by atoms with E-state index in [0.717, 1.165) is 5.56 Å². The number of hydrogen-bond donors (Lipinski definition) is 1. The quantitative estimate of drug-likeness (QED) is 0.864. The van der Waals surface area contributed by atoms with Crippen molar-refractivity contribution in [2.24, 2.45) is 0 Å². The van der Waals surface area contributed by atoms with Crippen molar-refractivity contribution in [3.8, 4) is 6.07 Å². The fraction of sp³-hybridized carbons (Fsp3) is 0.0667. The first-order chi connectivity index (χ1) is 9.63. The Bertz CT molecular complexity index is 693. The Balaban J connectivity index is 2.28. The number of nitriles is 1. The number of hydrogen-bond acceptors (Lipinski definition) is 2. The molecule has 0 aliphatic carbocycles. The van der Waals surface area contributed by atoms with Gasteiger partial charge in [-0.15, -0.1) is 11.6 Å². The summed E-state index contributed by atoms with van der Waals surface area (Å²) >= 11 is 11.6. The van der Waals surface area contributed by atoms with Crippen LogP contribution in [0.5, 0.6) is 0 Å². The minimum absolute atomic E-state index is 0.310. The van der Waals surface area contributed by atoms with E-state index in [9.17, 15) is 4.79 Å². The third kappa shape index (κ3) is 3.30. The lowest BCUT2D eigenvalue weighted by Crippen LogP contribution is -2.13. The number of carbonyl (C=O) groups is 1. The molecule has 2 rings (SSSR count). The summed E-state index contributed by atoms with van der Waals surface area (Å²) in [6, 6.07) is 13.7. The van der Waals surface area contributed by atoms with Crippen molar-refractivity contribution in [2.45, 2.75) is 5.88 Å². The van der Waals surface area contributed by atoms with Crippen molar-refractivity contribution in [1.82, 2.24) is 0 Å². The molecule has 0 aromatic heterocycles. The standard InChI is InChI=1S/C15H10Cl2N2O/c16-8-10-2-1-3-11(6-10)15(20)19-14-7-13(17)5-4-12(14)9-18/h1-7H,8H2,(H,19,20). The molecule has 1 amide bonds. The molecule has 100 valence electrons. The highest BCUT2D eigenvalue weighted by Crippen LogP contribution is 2.21. The van der Waals surface area contributed by atoms with Crippen LogP contribution in [0.2, 0.25) is 5.02 Å². The minimum atomic E-state index is -0.310. The van der Waals surface area contributed by atoms with Gasteiger partial charge in [-0.2, -0.15) is 5.26 Å². The highest BCUT2D eigenvalue weighted by atomic mass is 35.5. The molecule has 20 heavy (non-hydrogen) atoms. The van der Waals surface area contributed by atoms with Gasteiger partial charge in [-0.1, -0.05) is 23.7 Å². The molecule has 2 aromatic rings. The number of benzene rings is 2. The molecule has 0 unspecified atom stereocenters. The monoisotopic (exact) mass is 304 g/mol. The van der Waals surface area contributed by atoms with Crippen LogP contribution in [0.3, 0.4) is 0 Å². The second-order valence-electron chi connectivity index (χ2n) is 4.09. The largest absolute Gasteiger partial charge is 0.321 e. The third-order valence-corrected chi connectivity index (χ3v) is 3.24. The van der Waals surface area contributed by atoms with Gasteiger partial charge < -0.3 is 5.32 Å². The molecule has 0 fully saturated rings. The maximum absolute atomic E-state index is 12.2. The van der Waals surface area contributed by atoms with Crippen LogP contribution in [0.1, 0.15) is 21.5 Å². The molecule has 0 aliphatic rings. The van der Waals surface area contributed by atoms with Crippen LogP contribution in [0, 0.1) is 11.3 Å². The third-order valence-electron chi connectivity index (χ3n) is 2.69. The smallest absolute Gasteiger partial charge is 0.255 e. The first-order valence-electron chi connectivity index (χ1n) is 5.80. The van der Waals surface area contributed by atoms with Crippen LogP contribution in [0.25, 0.3) is 0 Å². The van der Waals surface area contributed by atoms with Gasteiger partial charge in [0.1, 0.15) is 6.07 Å². The summed E-state index contributed by atoms with van der Waals surface area (Å²) in [4.78, 5) is 12.2. The lowest BCUT2D eigenvalue weighted by molar-refractivity contribution is 0.102. The number of carbonyl (C=O) groups excluding carboxylic acids is 1. The summed E-state index contributed by atoms with van der Waals surface area (Å²) in [6.07, 6.45) is 0. The fourth-order valence-electron chi connectivity index (χ4n) is 1.71. The molecule has 0 heterocycles. The zero-order chi connectivity index (χ0) is 14.5. The number of halogens is 2. The molecule has 2 aromatic carbocycles. The summed E-state index contributed by atoms with van der Waals surface area (Å²) in [5.74, 6) is 0.0255. The SMILES string of the molecule is N#Cc1ccc(Cl)cc1NC(=O)c1cccc(CCl)c1. The summed E-state index contributed by atoms with van der Waals surface area (Å²) in [5.41, 5.74) is 2.08. The molecular weight excluding hydrogens is 295 g/mol. The average Bonchev–Trinajstić information content (AvgIpc) is 2.47. The number of amides is 1. The Kier molecular flexibility index (Phi) is 4.62. The van der Waals surface area contributed by atoms with Gasteiger partial charge in [-0.3, -0.25) is 4.79 Å². The van der Waals surface area contributed by atoms with Crippen LogP contribution in [0.15, 0.2) is 42.5 Å². The van der Waals surface area contributed by atoms with Crippen LogP contribution >= 0.6 is 23.2 Å². The van der Waals surface area contributed by atoms with Gasteiger partial charge in [0.2, 0.25) is 0 Å². The Hall–Kier alpha value is -2.02. The molecule has 1 N–H and O–H groups in total. The molecule has 0 aliphatic heterocycles. The molecule has 5 heteroatoms. The molecule has 0 bridgehead atoms. The van der Waals surface area contributed by atoms with Crippen molar-refractivity contribution in [3.63, 3.8) is 0 Å². The van der Waals surface area contributed by atoms with Crippen molar-refractivity contribution in [1.29, 1.82) is 5.26 Å². The van der Waals surface area contributed by atoms with Crippen molar-refractivity contribution < 1.29 is 4.79 Å². The van der Waals surface area contributed by atoms with E-state index in [1.165, 1.54) is 0 Å². The molecule has 0 radical (unpaired) electrons. The molecule has 3 nitrogen and oxygen atoms in total. The highest BCUT2D eigenvalue weighted by molar-refractivity contribution is 6.31. The average molecular weight is 305 g/mol. The molecular formula is C15H10Cl2N2O. The molecule has 0 spiro atoms. The first kappa shape index (κ1) is 14.4. The lowest BCUT2D eigenvalue weighted by Gasteiger charge is -2.08. The number of nitrogens with one attached hydrogen (secondary N) is 1. The summed E-state index contributed by atoms with van der Waals surface area (Å²) in [6.45, 7) is 0. The van der Waals surface area contributed by atoms with E-state index in [1.54, 1.807) is 36.4 Å². The van der Waals surface area contributed by atoms with E-state index in [4.69, 9.17) is 28.5 Å². The van der Waals surface area contributed by atoms with Gasteiger partial charge >= 0.3 is 0 Å². The van der Waals surface area contributed by atoms with E-state index in [0.29, 0.717) is 27.7 Å². The van der Waals surface area contributed by atoms with Crippen molar-refractivity contribution in [3.05, 3.63) is 64.2 Å². The Morgan fingerprint density at radius 3 is 2.75 bits per heavy atom. The first-order valence-corrected chi connectivity index (χ1v) is 6.71. The molecule has 0 saturated heterocycles. The van der Waals surface area contributed by atoms with Gasteiger partial charge in [0, 0.05) is 16.5 Å². The van der Waals surface area contributed by atoms with Gasteiger partial charge in [0.15, 0.2) is 0 Å². The maximum Gasteiger partial charge on any atom is 0.255 e. The highest BCUT2D eigenvalue weighted by Gasteiger charge is 2.10. The second kappa shape index (κ2) is 6.42. The van der Waals surface area contributed by atoms with E-state index in [1.807, 2.05) is 12.1 Å². The Morgan fingerprint density at radius 2 is 2.05 bits per heavy atom. The van der Waals surface area contributed by atoms with Gasteiger partial charge in [0.25, 0.3) is 5.91 Å². The summed E-state index contributed by atoms with van der Waals surface area (Å²) in [5, 5.41) is 12.1. The Labute approximate surface area is 126 Å². The zero-order valence-corrected chi connectivity index (χ0v) is 11.9. The van der Waals surface area contributed by atoms with Gasteiger partial charge in [-0.05, 0) is 35.9 Å². The van der Waals surface area contributed by atoms with Crippen molar-refractivity contribution in [2.75, 3.05) is 5.32 Å². The van der Waals surface area contributed by atoms with E-state index in [2.05, 4.69) is 5.32 Å². The van der Waals surface area contributed by atoms with E-state index >= 15 is 0 Å². The Morgan fingerprint density at radius 1 is 1.25 bits per heavy atom.